The number of H-pyrrole nitrogens is 1. The van der Waals surface area contributed by atoms with Crippen LogP contribution in [0.4, 0.5) is 10.5 Å². The van der Waals surface area contributed by atoms with Crippen LogP contribution in [0.1, 0.15) is 32.0 Å². The summed E-state index contributed by atoms with van der Waals surface area (Å²) in [5, 5.41) is 17.4. The smallest absolute Gasteiger partial charge is 0.411 e. The maximum Gasteiger partial charge on any atom is 0.411 e. The lowest BCUT2D eigenvalue weighted by Gasteiger charge is -2.14. The number of rotatable bonds is 9. The number of aromatic nitrogens is 7. The number of carbonyl (C=O) groups excluding carboxylic acids is 1. The lowest BCUT2D eigenvalue weighted by Crippen LogP contribution is -2.14. The summed E-state index contributed by atoms with van der Waals surface area (Å²) in [7, 11) is 0. The lowest BCUT2D eigenvalue weighted by molar-refractivity contribution is 0.168. The molecule has 0 unspecified atom stereocenters. The summed E-state index contributed by atoms with van der Waals surface area (Å²) in [5.41, 5.74) is 7.34. The molecular formula is C27H30N8O3. The van der Waals surface area contributed by atoms with Gasteiger partial charge in [-0.1, -0.05) is 30.3 Å². The quantitative estimate of drug-likeness (QED) is 0.283. The number of para-hydroxylation sites is 1. The Morgan fingerprint density at radius 1 is 1.05 bits per heavy atom. The predicted octanol–water partition coefficient (Wildman–Crippen LogP) is 5.03. The van der Waals surface area contributed by atoms with Crippen LogP contribution in [0.2, 0.25) is 0 Å². The van der Waals surface area contributed by atoms with Crippen molar-refractivity contribution in [1.82, 2.24) is 34.7 Å². The van der Waals surface area contributed by atoms with E-state index in [9.17, 15) is 4.79 Å². The number of aryl methyl sites for hydroxylation is 1. The summed E-state index contributed by atoms with van der Waals surface area (Å²) in [6, 6.07) is 16.5. The Labute approximate surface area is 219 Å². The second kappa shape index (κ2) is 10.8. The van der Waals surface area contributed by atoms with E-state index in [0.717, 1.165) is 45.7 Å². The number of amides is 1. The van der Waals surface area contributed by atoms with Crippen LogP contribution >= 0.6 is 0 Å². The van der Waals surface area contributed by atoms with Crippen molar-refractivity contribution < 1.29 is 14.3 Å². The van der Waals surface area contributed by atoms with Crippen molar-refractivity contribution >= 4 is 22.8 Å². The van der Waals surface area contributed by atoms with Gasteiger partial charge in [0.25, 0.3) is 6.01 Å². The molecule has 38 heavy (non-hydrogen) atoms. The molecule has 0 spiro atoms. The van der Waals surface area contributed by atoms with Gasteiger partial charge in [0.2, 0.25) is 0 Å². The SMILES string of the molecule is CCOC(=O)Nc1cccc2nc(OCC)n(Cc3ccc(-c4c(-c5nnn[nH]5)cc(C)n4CC)cc3)c12. The minimum Gasteiger partial charge on any atom is -0.465 e. The molecule has 3 aromatic heterocycles. The largest absolute Gasteiger partial charge is 0.465 e. The van der Waals surface area contributed by atoms with Crippen molar-refractivity contribution in [1.29, 1.82) is 0 Å². The first kappa shape index (κ1) is 25.0. The third kappa shape index (κ3) is 4.70. The molecule has 0 aliphatic carbocycles. The maximum absolute atomic E-state index is 12.2. The Morgan fingerprint density at radius 2 is 1.87 bits per heavy atom. The Balaban J connectivity index is 1.52. The zero-order chi connectivity index (χ0) is 26.6. The average Bonchev–Trinajstić information content (AvgIpc) is 3.63. The Morgan fingerprint density at radius 3 is 2.55 bits per heavy atom. The van der Waals surface area contributed by atoms with Crippen molar-refractivity contribution in [3.63, 3.8) is 0 Å². The summed E-state index contributed by atoms with van der Waals surface area (Å²) in [6.45, 7) is 9.96. The van der Waals surface area contributed by atoms with Crippen LogP contribution in [-0.4, -0.2) is 54.0 Å². The van der Waals surface area contributed by atoms with Crippen LogP contribution in [0.3, 0.4) is 0 Å². The first-order chi connectivity index (χ1) is 18.5. The number of ether oxygens (including phenoxy) is 2. The first-order valence-corrected chi connectivity index (χ1v) is 12.6. The van der Waals surface area contributed by atoms with Crippen LogP contribution in [0.25, 0.3) is 33.7 Å². The number of imidazole rings is 1. The fourth-order valence-corrected chi connectivity index (χ4v) is 4.73. The summed E-state index contributed by atoms with van der Waals surface area (Å²) in [4.78, 5) is 16.9. The topological polar surface area (TPSA) is 125 Å². The van der Waals surface area contributed by atoms with Crippen molar-refractivity contribution in [2.75, 3.05) is 18.5 Å². The van der Waals surface area contributed by atoms with Crippen molar-refractivity contribution in [3.05, 3.63) is 59.8 Å². The van der Waals surface area contributed by atoms with Gasteiger partial charge in [0.15, 0.2) is 5.82 Å². The van der Waals surface area contributed by atoms with Gasteiger partial charge in [-0.05, 0) is 67.4 Å². The van der Waals surface area contributed by atoms with Gasteiger partial charge in [-0.3, -0.25) is 9.88 Å². The molecule has 196 valence electrons. The number of nitrogens with one attached hydrogen (secondary N) is 2. The molecule has 0 radical (unpaired) electrons. The Kier molecular flexibility index (Phi) is 7.07. The van der Waals surface area contributed by atoms with E-state index in [4.69, 9.17) is 9.47 Å². The molecule has 2 aromatic carbocycles. The number of hydrogen-bond donors (Lipinski definition) is 2. The van der Waals surface area contributed by atoms with Crippen LogP contribution in [-0.2, 0) is 17.8 Å². The molecule has 1 amide bonds. The van der Waals surface area contributed by atoms with E-state index >= 15 is 0 Å². The van der Waals surface area contributed by atoms with Gasteiger partial charge in [0.05, 0.1) is 42.2 Å². The zero-order valence-corrected chi connectivity index (χ0v) is 21.9. The third-order valence-corrected chi connectivity index (χ3v) is 6.31. The molecule has 0 aliphatic heterocycles. The van der Waals surface area contributed by atoms with Crippen molar-refractivity contribution in [2.24, 2.45) is 0 Å². The van der Waals surface area contributed by atoms with Gasteiger partial charge in [0.1, 0.15) is 0 Å². The highest BCUT2D eigenvalue weighted by Gasteiger charge is 2.20. The molecule has 0 fully saturated rings. The highest BCUT2D eigenvalue weighted by Crippen LogP contribution is 2.34. The lowest BCUT2D eigenvalue weighted by atomic mass is 10.0. The van der Waals surface area contributed by atoms with Crippen LogP contribution in [0, 0.1) is 6.92 Å². The molecular weight excluding hydrogens is 484 g/mol. The van der Waals surface area contributed by atoms with Gasteiger partial charge in [0, 0.05) is 17.8 Å². The number of hydrogen-bond acceptors (Lipinski definition) is 7. The highest BCUT2D eigenvalue weighted by molar-refractivity contribution is 5.97. The second-order valence-corrected chi connectivity index (χ2v) is 8.67. The van der Waals surface area contributed by atoms with E-state index < -0.39 is 6.09 Å². The van der Waals surface area contributed by atoms with E-state index in [0.29, 0.717) is 30.7 Å². The van der Waals surface area contributed by atoms with E-state index in [-0.39, 0.29) is 6.61 Å². The molecule has 3 heterocycles. The summed E-state index contributed by atoms with van der Waals surface area (Å²) in [6.07, 6.45) is -0.512. The van der Waals surface area contributed by atoms with Crippen molar-refractivity contribution in [2.45, 2.75) is 40.8 Å². The molecule has 0 bridgehead atoms. The van der Waals surface area contributed by atoms with E-state index in [1.807, 2.05) is 29.7 Å². The number of fused-ring (bicyclic) bond motifs is 1. The van der Waals surface area contributed by atoms with Gasteiger partial charge >= 0.3 is 6.09 Å². The minimum absolute atomic E-state index is 0.285. The third-order valence-electron chi connectivity index (χ3n) is 6.31. The van der Waals surface area contributed by atoms with Gasteiger partial charge in [-0.2, -0.15) is 4.98 Å². The number of tetrazole rings is 1. The van der Waals surface area contributed by atoms with Gasteiger partial charge in [-0.25, -0.2) is 9.89 Å². The second-order valence-electron chi connectivity index (χ2n) is 8.67. The molecule has 0 atom stereocenters. The van der Waals surface area contributed by atoms with Gasteiger partial charge < -0.3 is 14.0 Å². The molecule has 11 heteroatoms. The van der Waals surface area contributed by atoms with Crippen LogP contribution in [0.5, 0.6) is 6.01 Å². The van der Waals surface area contributed by atoms with Crippen LogP contribution < -0.4 is 10.1 Å². The molecule has 5 rings (SSSR count). The molecule has 2 N–H and O–H groups in total. The molecule has 0 saturated carbocycles. The fraction of sp³-hybridized carbons (Fsp3) is 0.296. The Hall–Kier alpha value is -4.67. The van der Waals surface area contributed by atoms with E-state index in [2.05, 4.69) is 79.7 Å². The average molecular weight is 515 g/mol. The standard InChI is InChI=1S/C27H30N8O3/c1-5-34-17(4)15-20(25-30-32-33-31-25)23(34)19-13-11-18(12-14-19)16-35-24-21(28-26(35)37-6-2)9-8-10-22(24)29-27(36)38-7-3/h8-15H,5-7,16H2,1-4H3,(H,29,36)(H,30,31,32,33). The number of nitrogens with zero attached hydrogens (tertiary/aromatic N) is 6. The molecule has 0 aliphatic rings. The highest BCUT2D eigenvalue weighted by atomic mass is 16.5. The Bertz CT molecular complexity index is 1550. The minimum atomic E-state index is -0.512. The fourth-order valence-electron chi connectivity index (χ4n) is 4.73. The van der Waals surface area contributed by atoms with E-state index in [1.165, 1.54) is 0 Å². The normalized spacial score (nSPS) is 11.2. The molecule has 11 nitrogen and oxygen atoms in total. The number of anilines is 1. The number of benzene rings is 2. The summed E-state index contributed by atoms with van der Waals surface area (Å²) in [5.74, 6) is 0.632. The first-order valence-electron chi connectivity index (χ1n) is 12.6. The monoisotopic (exact) mass is 514 g/mol. The molecule has 5 aromatic rings. The summed E-state index contributed by atoms with van der Waals surface area (Å²) >= 11 is 0. The maximum atomic E-state index is 12.2. The van der Waals surface area contributed by atoms with Crippen LogP contribution in [0.15, 0.2) is 48.5 Å². The van der Waals surface area contributed by atoms with Gasteiger partial charge in [-0.15, -0.1) is 5.10 Å². The molecule has 0 saturated heterocycles. The predicted molar refractivity (Wildman–Crippen MR) is 144 cm³/mol. The number of aromatic amines is 1. The van der Waals surface area contributed by atoms with Crippen molar-refractivity contribution in [3.8, 4) is 28.7 Å². The summed E-state index contributed by atoms with van der Waals surface area (Å²) < 4.78 is 15.2. The number of carbonyl (C=O) groups is 1. The van der Waals surface area contributed by atoms with E-state index in [1.54, 1.807) is 6.92 Å². The zero-order valence-electron chi connectivity index (χ0n) is 21.9.